The molecule has 1 aliphatic carbocycles. The summed E-state index contributed by atoms with van der Waals surface area (Å²) in [6.45, 7) is 0. The summed E-state index contributed by atoms with van der Waals surface area (Å²) in [6, 6.07) is 8.80. The second kappa shape index (κ2) is 5.97. The molecule has 6 nitrogen and oxygen atoms in total. The van der Waals surface area contributed by atoms with E-state index in [0.29, 0.717) is 28.3 Å². The van der Waals surface area contributed by atoms with Crippen LogP contribution in [0.25, 0.3) is 0 Å². The van der Waals surface area contributed by atoms with E-state index in [0.717, 1.165) is 12.8 Å². The van der Waals surface area contributed by atoms with E-state index in [1.54, 1.807) is 24.3 Å². The zero-order valence-corrected chi connectivity index (χ0v) is 11.9. The van der Waals surface area contributed by atoms with Crippen molar-refractivity contribution in [2.24, 2.45) is 0 Å². The molecule has 3 rings (SSSR count). The summed E-state index contributed by atoms with van der Waals surface area (Å²) in [7, 11) is 0. The Morgan fingerprint density at radius 1 is 1.48 bits per heavy atom. The van der Waals surface area contributed by atoms with Crippen LogP contribution in [-0.2, 0) is 4.79 Å². The van der Waals surface area contributed by atoms with Gasteiger partial charge in [0.05, 0.1) is 17.4 Å². The smallest absolute Gasteiger partial charge is 0.277 e. The lowest BCUT2D eigenvalue weighted by atomic mass is 10.2. The Balaban J connectivity index is 1.52. The second-order valence-electron chi connectivity index (χ2n) is 4.71. The Labute approximate surface area is 125 Å². The van der Waals surface area contributed by atoms with Crippen LogP contribution in [0, 0.1) is 11.3 Å². The second-order valence-corrected chi connectivity index (χ2v) is 5.64. The number of amides is 1. The van der Waals surface area contributed by atoms with Gasteiger partial charge in [0.1, 0.15) is 0 Å². The Kier molecular flexibility index (Phi) is 3.88. The first-order valence-corrected chi connectivity index (χ1v) is 7.49. The van der Waals surface area contributed by atoms with Gasteiger partial charge >= 0.3 is 0 Å². The summed E-state index contributed by atoms with van der Waals surface area (Å²) < 4.78 is 5.46. The van der Waals surface area contributed by atoms with E-state index in [-0.39, 0.29) is 11.7 Å². The minimum absolute atomic E-state index is 0.179. The number of aromatic nitrogens is 2. The fraction of sp³-hybridized carbons (Fsp3) is 0.286. The Bertz CT molecular complexity index is 703. The van der Waals surface area contributed by atoms with Gasteiger partial charge in [-0.2, -0.15) is 5.26 Å². The highest BCUT2D eigenvalue weighted by molar-refractivity contribution is 7.99. The SMILES string of the molecule is N#Cc1cccc(NC(=O)CSc2nnc(C3CC3)o2)c1. The van der Waals surface area contributed by atoms with Gasteiger partial charge in [-0.15, -0.1) is 10.2 Å². The van der Waals surface area contributed by atoms with Crippen LogP contribution in [0.3, 0.4) is 0 Å². The van der Waals surface area contributed by atoms with Crippen molar-refractivity contribution in [2.45, 2.75) is 24.0 Å². The van der Waals surface area contributed by atoms with E-state index in [1.807, 2.05) is 6.07 Å². The van der Waals surface area contributed by atoms with Crippen molar-refractivity contribution in [3.05, 3.63) is 35.7 Å². The van der Waals surface area contributed by atoms with E-state index in [9.17, 15) is 4.79 Å². The molecule has 0 aliphatic heterocycles. The van der Waals surface area contributed by atoms with Gasteiger partial charge in [-0.3, -0.25) is 4.79 Å². The summed E-state index contributed by atoms with van der Waals surface area (Å²) in [4.78, 5) is 11.8. The van der Waals surface area contributed by atoms with Gasteiger partial charge in [-0.25, -0.2) is 0 Å². The monoisotopic (exact) mass is 300 g/mol. The molecular weight excluding hydrogens is 288 g/mol. The maximum Gasteiger partial charge on any atom is 0.277 e. The van der Waals surface area contributed by atoms with Crippen molar-refractivity contribution in [1.82, 2.24) is 10.2 Å². The lowest BCUT2D eigenvalue weighted by molar-refractivity contribution is -0.113. The largest absolute Gasteiger partial charge is 0.416 e. The third-order valence-electron chi connectivity index (χ3n) is 2.95. The molecule has 1 amide bonds. The number of carbonyl (C=O) groups excluding carboxylic acids is 1. The standard InChI is InChI=1S/C14H12N4O2S/c15-7-9-2-1-3-11(6-9)16-12(19)8-21-14-18-17-13(20-14)10-4-5-10/h1-3,6,10H,4-5,8H2,(H,16,19). The molecule has 2 aromatic rings. The van der Waals surface area contributed by atoms with Crippen molar-refractivity contribution in [2.75, 3.05) is 11.1 Å². The van der Waals surface area contributed by atoms with Crippen molar-refractivity contribution in [3.8, 4) is 6.07 Å². The lowest BCUT2D eigenvalue weighted by Crippen LogP contribution is -2.14. The first-order valence-electron chi connectivity index (χ1n) is 6.51. The maximum absolute atomic E-state index is 11.8. The van der Waals surface area contributed by atoms with Gasteiger partial charge < -0.3 is 9.73 Å². The van der Waals surface area contributed by atoms with E-state index in [4.69, 9.17) is 9.68 Å². The van der Waals surface area contributed by atoms with E-state index in [1.165, 1.54) is 11.8 Å². The molecule has 1 aromatic carbocycles. The van der Waals surface area contributed by atoms with E-state index >= 15 is 0 Å². The quantitative estimate of drug-likeness (QED) is 0.853. The molecule has 0 unspecified atom stereocenters. The van der Waals surface area contributed by atoms with E-state index in [2.05, 4.69) is 15.5 Å². The predicted molar refractivity (Wildman–Crippen MR) is 76.8 cm³/mol. The fourth-order valence-electron chi connectivity index (χ4n) is 1.76. The molecule has 0 saturated heterocycles. The fourth-order valence-corrected chi connectivity index (χ4v) is 2.33. The molecule has 1 aliphatic rings. The van der Waals surface area contributed by atoms with Crippen molar-refractivity contribution in [3.63, 3.8) is 0 Å². The Morgan fingerprint density at radius 2 is 2.33 bits per heavy atom. The van der Waals surface area contributed by atoms with Crippen LogP contribution in [0.15, 0.2) is 33.9 Å². The van der Waals surface area contributed by atoms with Gasteiger partial charge in [0.2, 0.25) is 11.8 Å². The molecule has 1 saturated carbocycles. The van der Waals surface area contributed by atoms with Crippen molar-refractivity contribution in [1.29, 1.82) is 5.26 Å². The molecule has 0 radical (unpaired) electrons. The van der Waals surface area contributed by atoms with Gasteiger partial charge in [0.25, 0.3) is 5.22 Å². The Morgan fingerprint density at radius 3 is 3.10 bits per heavy atom. The number of hydrogen-bond donors (Lipinski definition) is 1. The Hall–Kier alpha value is -2.33. The highest BCUT2D eigenvalue weighted by Crippen LogP contribution is 2.39. The first-order chi connectivity index (χ1) is 10.2. The van der Waals surface area contributed by atoms with Crippen LogP contribution < -0.4 is 5.32 Å². The lowest BCUT2D eigenvalue weighted by Gasteiger charge is -2.03. The molecule has 21 heavy (non-hydrogen) atoms. The molecule has 1 N–H and O–H groups in total. The van der Waals surface area contributed by atoms with Crippen LogP contribution in [0.1, 0.15) is 30.2 Å². The number of carbonyl (C=O) groups is 1. The number of hydrogen-bond acceptors (Lipinski definition) is 6. The predicted octanol–water partition coefficient (Wildman–Crippen LogP) is 2.55. The highest BCUT2D eigenvalue weighted by Gasteiger charge is 2.29. The van der Waals surface area contributed by atoms with Gasteiger partial charge in [0, 0.05) is 11.6 Å². The number of nitrogens with one attached hydrogen (secondary N) is 1. The third kappa shape index (κ3) is 3.61. The summed E-state index contributed by atoms with van der Waals surface area (Å²) in [5.74, 6) is 1.08. The normalized spacial score (nSPS) is 13.7. The highest BCUT2D eigenvalue weighted by atomic mass is 32.2. The summed E-state index contributed by atoms with van der Waals surface area (Å²) in [5, 5.41) is 19.8. The average Bonchev–Trinajstić information content (AvgIpc) is 3.24. The number of thioether (sulfide) groups is 1. The summed E-state index contributed by atoms with van der Waals surface area (Å²) in [5.41, 5.74) is 1.11. The summed E-state index contributed by atoms with van der Waals surface area (Å²) >= 11 is 1.21. The van der Waals surface area contributed by atoms with Crippen LogP contribution in [0.2, 0.25) is 0 Å². The molecule has 1 heterocycles. The molecule has 1 fully saturated rings. The topological polar surface area (TPSA) is 91.8 Å². The zero-order chi connectivity index (χ0) is 14.7. The van der Waals surface area contributed by atoms with Crippen LogP contribution >= 0.6 is 11.8 Å². The number of nitrogens with zero attached hydrogens (tertiary/aromatic N) is 3. The molecule has 0 atom stereocenters. The third-order valence-corrected chi connectivity index (χ3v) is 3.77. The average molecular weight is 300 g/mol. The number of anilines is 1. The first kappa shape index (κ1) is 13.6. The number of nitriles is 1. The molecule has 0 bridgehead atoms. The van der Waals surface area contributed by atoms with Crippen molar-refractivity contribution >= 4 is 23.4 Å². The molecule has 0 spiro atoms. The molecule has 1 aromatic heterocycles. The van der Waals surface area contributed by atoms with Crippen LogP contribution in [0.4, 0.5) is 5.69 Å². The van der Waals surface area contributed by atoms with Crippen LogP contribution in [-0.4, -0.2) is 21.9 Å². The molecule has 7 heteroatoms. The van der Waals surface area contributed by atoms with E-state index < -0.39 is 0 Å². The van der Waals surface area contributed by atoms with Crippen LogP contribution in [0.5, 0.6) is 0 Å². The zero-order valence-electron chi connectivity index (χ0n) is 11.1. The minimum atomic E-state index is -0.179. The number of benzene rings is 1. The molecule has 106 valence electrons. The van der Waals surface area contributed by atoms with Gasteiger partial charge in [-0.05, 0) is 31.0 Å². The molecular formula is C14H12N4O2S. The maximum atomic E-state index is 11.8. The van der Waals surface area contributed by atoms with Crippen molar-refractivity contribution < 1.29 is 9.21 Å². The van der Waals surface area contributed by atoms with Gasteiger partial charge in [0.15, 0.2) is 0 Å². The number of rotatable bonds is 5. The van der Waals surface area contributed by atoms with Gasteiger partial charge in [-0.1, -0.05) is 17.8 Å². The minimum Gasteiger partial charge on any atom is -0.416 e. The summed E-state index contributed by atoms with van der Waals surface area (Å²) in [6.07, 6.45) is 2.20.